The van der Waals surface area contributed by atoms with Crippen molar-refractivity contribution in [2.45, 2.75) is 26.3 Å². The van der Waals surface area contributed by atoms with Crippen LogP contribution in [0.15, 0.2) is 36.7 Å². The van der Waals surface area contributed by atoms with Gasteiger partial charge in [-0.15, -0.1) is 0 Å². The predicted molar refractivity (Wildman–Crippen MR) is 96.8 cm³/mol. The number of carbonyl (C=O) groups is 2. The number of hydrogen-bond acceptors (Lipinski definition) is 5. The molecule has 2 N–H and O–H groups in total. The van der Waals surface area contributed by atoms with Gasteiger partial charge >= 0.3 is 0 Å². The smallest absolute Gasteiger partial charge is 0.257 e. The van der Waals surface area contributed by atoms with Gasteiger partial charge in [-0.3, -0.25) is 14.6 Å². The van der Waals surface area contributed by atoms with Crippen LogP contribution in [-0.2, 0) is 0 Å². The first-order valence-electron chi connectivity index (χ1n) is 8.53. The minimum Gasteiger partial charge on any atom is -0.486 e. The lowest BCUT2D eigenvalue weighted by Gasteiger charge is -2.19. The number of carbonyl (C=O) groups excluding carboxylic acids is 2. The van der Waals surface area contributed by atoms with Crippen molar-refractivity contribution < 1.29 is 19.1 Å². The first-order valence-corrected chi connectivity index (χ1v) is 8.53. The summed E-state index contributed by atoms with van der Waals surface area (Å²) in [5.41, 5.74) is 1.23. The molecule has 7 nitrogen and oxygen atoms in total. The van der Waals surface area contributed by atoms with Gasteiger partial charge in [0.25, 0.3) is 11.8 Å². The summed E-state index contributed by atoms with van der Waals surface area (Å²) in [6.07, 6.45) is 3.69. The second kappa shape index (κ2) is 7.86. The van der Waals surface area contributed by atoms with E-state index in [2.05, 4.69) is 15.6 Å². The zero-order valence-electron chi connectivity index (χ0n) is 14.7. The number of ether oxygens (including phenoxy) is 2. The molecule has 26 heavy (non-hydrogen) atoms. The summed E-state index contributed by atoms with van der Waals surface area (Å²) in [4.78, 5) is 28.7. The van der Waals surface area contributed by atoms with Crippen LogP contribution in [0.2, 0.25) is 0 Å². The van der Waals surface area contributed by atoms with Crippen molar-refractivity contribution >= 4 is 17.5 Å². The lowest BCUT2D eigenvalue weighted by molar-refractivity contribution is 0.0939. The summed E-state index contributed by atoms with van der Waals surface area (Å²) >= 11 is 0. The summed E-state index contributed by atoms with van der Waals surface area (Å²) in [5.74, 6) is 0.640. The van der Waals surface area contributed by atoms with E-state index in [0.717, 1.165) is 6.42 Å². The Balaban J connectivity index is 1.72. The summed E-state index contributed by atoms with van der Waals surface area (Å²) in [6, 6.07) is 6.77. The third-order valence-electron chi connectivity index (χ3n) is 4.05. The number of nitrogens with one attached hydrogen (secondary N) is 2. The number of amides is 2. The second-order valence-corrected chi connectivity index (χ2v) is 6.06. The van der Waals surface area contributed by atoms with Crippen LogP contribution in [0.25, 0.3) is 0 Å². The highest BCUT2D eigenvalue weighted by Crippen LogP contribution is 2.32. The Morgan fingerprint density at radius 3 is 2.50 bits per heavy atom. The topological polar surface area (TPSA) is 89.6 Å². The van der Waals surface area contributed by atoms with Crippen LogP contribution in [0.1, 0.15) is 41.0 Å². The first-order chi connectivity index (χ1) is 12.6. The van der Waals surface area contributed by atoms with Gasteiger partial charge in [0.2, 0.25) is 0 Å². The Kier molecular flexibility index (Phi) is 5.36. The number of rotatable bonds is 5. The molecule has 0 bridgehead atoms. The number of pyridine rings is 1. The van der Waals surface area contributed by atoms with E-state index in [-0.39, 0.29) is 17.9 Å². The highest BCUT2D eigenvalue weighted by atomic mass is 16.6. The quantitative estimate of drug-likeness (QED) is 0.861. The van der Waals surface area contributed by atoms with Crippen molar-refractivity contribution in [2.75, 3.05) is 18.5 Å². The molecule has 1 unspecified atom stereocenters. The van der Waals surface area contributed by atoms with Gasteiger partial charge in [0.05, 0.1) is 11.1 Å². The average Bonchev–Trinajstić information content (AvgIpc) is 2.67. The third kappa shape index (κ3) is 4.11. The van der Waals surface area contributed by atoms with E-state index >= 15 is 0 Å². The van der Waals surface area contributed by atoms with Crippen LogP contribution < -0.4 is 20.1 Å². The summed E-state index contributed by atoms with van der Waals surface area (Å²) < 4.78 is 11.0. The summed E-state index contributed by atoms with van der Waals surface area (Å²) in [6.45, 7) is 4.89. The number of anilines is 1. The van der Waals surface area contributed by atoms with Crippen LogP contribution in [0.5, 0.6) is 11.5 Å². The van der Waals surface area contributed by atoms with Gasteiger partial charge in [-0.25, -0.2) is 0 Å². The van der Waals surface area contributed by atoms with Crippen molar-refractivity contribution in [3.05, 3.63) is 47.8 Å². The number of nitrogens with zero attached hydrogens (tertiary/aromatic N) is 1. The van der Waals surface area contributed by atoms with E-state index in [4.69, 9.17) is 9.47 Å². The number of hydrogen-bond donors (Lipinski definition) is 2. The Bertz CT molecular complexity index is 822. The lowest BCUT2D eigenvalue weighted by Crippen LogP contribution is -2.32. The lowest BCUT2D eigenvalue weighted by atomic mass is 10.1. The third-order valence-corrected chi connectivity index (χ3v) is 4.05. The van der Waals surface area contributed by atoms with E-state index in [9.17, 15) is 9.59 Å². The molecule has 1 aromatic heterocycles. The van der Waals surface area contributed by atoms with Gasteiger partial charge < -0.3 is 20.1 Å². The molecule has 2 aromatic rings. The molecule has 0 aliphatic carbocycles. The fraction of sp³-hybridized carbons (Fsp3) is 0.316. The van der Waals surface area contributed by atoms with Gasteiger partial charge in [0.15, 0.2) is 11.5 Å². The van der Waals surface area contributed by atoms with Crippen LogP contribution in [0.4, 0.5) is 5.69 Å². The predicted octanol–water partition coefficient (Wildman–Crippen LogP) is 2.63. The highest BCUT2D eigenvalue weighted by molar-refractivity contribution is 6.06. The Labute approximate surface area is 151 Å². The Morgan fingerprint density at radius 1 is 1.08 bits per heavy atom. The molecular formula is C19H21N3O4. The maximum atomic E-state index is 12.5. The molecule has 0 radical (unpaired) electrons. The Hall–Kier alpha value is -3.09. The van der Waals surface area contributed by atoms with Crippen LogP contribution in [0.3, 0.4) is 0 Å². The standard InChI is InChI=1S/C19H21N3O4/c1-3-12(2)21-18(23)13-8-14(11-20-10-13)19(24)22-15-4-5-16-17(9-15)26-7-6-25-16/h4-5,8-12H,3,6-7H2,1-2H3,(H,21,23)(H,22,24). The maximum absolute atomic E-state index is 12.5. The van der Waals surface area contributed by atoms with E-state index in [0.29, 0.717) is 41.5 Å². The fourth-order valence-electron chi connectivity index (χ4n) is 2.42. The molecule has 136 valence electrons. The highest BCUT2D eigenvalue weighted by Gasteiger charge is 2.15. The van der Waals surface area contributed by atoms with Crippen LogP contribution >= 0.6 is 0 Å². The molecule has 2 heterocycles. The van der Waals surface area contributed by atoms with E-state index in [1.807, 2.05) is 13.8 Å². The zero-order chi connectivity index (χ0) is 18.5. The maximum Gasteiger partial charge on any atom is 0.257 e. The van der Waals surface area contributed by atoms with Crippen LogP contribution in [0, 0.1) is 0 Å². The molecule has 0 fully saturated rings. The zero-order valence-corrected chi connectivity index (χ0v) is 14.7. The second-order valence-electron chi connectivity index (χ2n) is 6.06. The molecule has 0 spiro atoms. The van der Waals surface area contributed by atoms with Gasteiger partial charge in [0.1, 0.15) is 13.2 Å². The molecule has 2 amide bonds. The molecule has 0 saturated carbocycles. The van der Waals surface area contributed by atoms with Crippen molar-refractivity contribution in [2.24, 2.45) is 0 Å². The van der Waals surface area contributed by atoms with Crippen molar-refractivity contribution in [3.8, 4) is 11.5 Å². The van der Waals surface area contributed by atoms with Gasteiger partial charge in [-0.05, 0) is 31.5 Å². The molecule has 1 aliphatic heterocycles. The van der Waals surface area contributed by atoms with E-state index < -0.39 is 0 Å². The monoisotopic (exact) mass is 355 g/mol. The number of fused-ring (bicyclic) bond motifs is 1. The first kappa shape index (κ1) is 17.7. The van der Waals surface area contributed by atoms with Gasteiger partial charge in [-0.1, -0.05) is 6.92 Å². The largest absolute Gasteiger partial charge is 0.486 e. The molecule has 7 heteroatoms. The normalized spacial score (nSPS) is 13.6. The molecule has 1 aromatic carbocycles. The summed E-state index contributed by atoms with van der Waals surface area (Å²) in [5, 5.41) is 5.64. The molecule has 1 atom stereocenters. The molecular weight excluding hydrogens is 334 g/mol. The average molecular weight is 355 g/mol. The van der Waals surface area contributed by atoms with Crippen molar-refractivity contribution in [3.63, 3.8) is 0 Å². The molecule has 3 rings (SSSR count). The van der Waals surface area contributed by atoms with E-state index in [1.165, 1.54) is 18.5 Å². The van der Waals surface area contributed by atoms with Gasteiger partial charge in [0, 0.05) is 30.2 Å². The van der Waals surface area contributed by atoms with E-state index in [1.54, 1.807) is 18.2 Å². The van der Waals surface area contributed by atoms with Crippen molar-refractivity contribution in [1.29, 1.82) is 0 Å². The van der Waals surface area contributed by atoms with Crippen molar-refractivity contribution in [1.82, 2.24) is 10.3 Å². The Morgan fingerprint density at radius 2 is 1.77 bits per heavy atom. The number of aromatic nitrogens is 1. The molecule has 0 saturated heterocycles. The van der Waals surface area contributed by atoms with Crippen LogP contribution in [-0.4, -0.2) is 36.1 Å². The minimum absolute atomic E-state index is 0.0534. The number of benzene rings is 1. The SMILES string of the molecule is CCC(C)NC(=O)c1cncc(C(=O)Nc2ccc3c(c2)OCCO3)c1. The fourth-order valence-corrected chi connectivity index (χ4v) is 2.42. The molecule has 1 aliphatic rings. The van der Waals surface area contributed by atoms with Gasteiger partial charge in [-0.2, -0.15) is 0 Å². The summed E-state index contributed by atoms with van der Waals surface area (Å²) in [7, 11) is 0. The minimum atomic E-state index is -0.354.